The quantitative estimate of drug-likeness (QED) is 0.210. The Labute approximate surface area is 124 Å². The molecule has 0 spiro atoms. The van der Waals surface area contributed by atoms with E-state index >= 15 is 0 Å². The molecule has 0 aromatic heterocycles. The van der Waals surface area contributed by atoms with Crippen molar-refractivity contribution in [2.24, 2.45) is 0 Å². The van der Waals surface area contributed by atoms with Gasteiger partial charge in [0.1, 0.15) is 21.0 Å². The van der Waals surface area contributed by atoms with E-state index in [4.69, 9.17) is 32.9 Å². The lowest BCUT2D eigenvalue weighted by molar-refractivity contribution is 0.368. The van der Waals surface area contributed by atoms with Crippen molar-refractivity contribution in [3.63, 3.8) is 0 Å². The van der Waals surface area contributed by atoms with Crippen molar-refractivity contribution in [2.75, 3.05) is 0 Å². The summed E-state index contributed by atoms with van der Waals surface area (Å²) in [4.78, 5) is 0. The van der Waals surface area contributed by atoms with E-state index in [1.54, 1.807) is 0 Å². The smallest absolute Gasteiger partial charge is 0.286 e. The summed E-state index contributed by atoms with van der Waals surface area (Å²) in [5.41, 5.74) is 0. The van der Waals surface area contributed by atoms with E-state index in [0.29, 0.717) is 0 Å². The Hall–Kier alpha value is 1.63. The molecule has 0 unspecified atom stereocenters. The second-order valence-corrected chi connectivity index (χ2v) is 18.7. The third-order valence-corrected chi connectivity index (χ3v) is 11.1. The third-order valence-electron chi connectivity index (χ3n) is 1.24. The first-order valence-corrected chi connectivity index (χ1v) is 14.6. The minimum absolute atomic E-state index is 0.718. The zero-order chi connectivity index (χ0) is 12.6. The van der Waals surface area contributed by atoms with Crippen LogP contribution < -0.4 is 0 Å². The van der Waals surface area contributed by atoms with Gasteiger partial charge in [0.2, 0.25) is 0 Å². The zero-order valence-electron chi connectivity index (χ0n) is 10.2. The molecule has 17 heavy (non-hydrogen) atoms. The first-order valence-electron chi connectivity index (χ1n) is 4.86. The molecule has 0 radical (unpaired) electrons. The van der Waals surface area contributed by atoms with Gasteiger partial charge in [-0.1, -0.05) is 0 Å². The molecule has 104 valence electrons. The van der Waals surface area contributed by atoms with E-state index in [-0.39, 0.29) is 0 Å². The second kappa shape index (κ2) is 17.6. The van der Waals surface area contributed by atoms with Crippen LogP contribution in [0.2, 0.25) is 0 Å². The molecule has 0 N–H and O–H groups in total. The van der Waals surface area contributed by atoms with Crippen LogP contribution in [0.15, 0.2) is 0 Å². The summed E-state index contributed by atoms with van der Waals surface area (Å²) >= 11 is 0. The molecular formula is H20O8Si9. The van der Waals surface area contributed by atoms with E-state index in [2.05, 4.69) is 0 Å². The van der Waals surface area contributed by atoms with Crippen LogP contribution in [-0.2, 0) is 32.9 Å². The Kier molecular flexibility index (Phi) is 19.3. The molecule has 0 rings (SSSR count). The third kappa shape index (κ3) is 17.6. The fourth-order valence-corrected chi connectivity index (χ4v) is 14.3. The molecule has 0 atom stereocenters. The Morgan fingerprint density at radius 2 is 0.647 bits per heavy atom. The summed E-state index contributed by atoms with van der Waals surface area (Å²) in [6, 6.07) is 0. The molecule has 0 aliphatic carbocycles. The number of hydrogen-bond donors (Lipinski definition) is 0. The van der Waals surface area contributed by atoms with Gasteiger partial charge >= 0.3 is 0 Å². The van der Waals surface area contributed by atoms with Gasteiger partial charge in [0.15, 0.2) is 0 Å². The van der Waals surface area contributed by atoms with Crippen molar-refractivity contribution >= 4 is 91.0 Å². The molecule has 17 heteroatoms. The van der Waals surface area contributed by atoms with Gasteiger partial charge < -0.3 is 32.9 Å². The Morgan fingerprint density at radius 3 is 0.882 bits per heavy atom. The molecule has 0 saturated heterocycles. The first kappa shape index (κ1) is 18.6. The van der Waals surface area contributed by atoms with Crippen molar-refractivity contribution in [3.05, 3.63) is 0 Å². The summed E-state index contributed by atoms with van der Waals surface area (Å²) in [5, 5.41) is 0. The van der Waals surface area contributed by atoms with E-state index < -0.39 is 70.0 Å². The Balaban J connectivity index is 2.85. The van der Waals surface area contributed by atoms with Crippen LogP contribution in [-0.4, -0.2) is 91.0 Å². The van der Waals surface area contributed by atoms with Crippen LogP contribution in [0.4, 0.5) is 0 Å². The maximum Gasteiger partial charge on any atom is 0.286 e. The minimum atomic E-state index is -0.887. The maximum atomic E-state index is 5.33. The molecule has 0 amide bonds. The van der Waals surface area contributed by atoms with Crippen molar-refractivity contribution in [2.45, 2.75) is 0 Å². The summed E-state index contributed by atoms with van der Waals surface area (Å²) in [5.74, 6) is 0. The highest BCUT2D eigenvalue weighted by molar-refractivity contribution is 6.48. The van der Waals surface area contributed by atoms with Gasteiger partial charge in [0, 0.05) is 0 Å². The average Bonchev–Trinajstić information content (AvgIpc) is 2.35. The van der Waals surface area contributed by atoms with Crippen LogP contribution in [0, 0.1) is 0 Å². The SMILES string of the molecule is [SiH3]O[SiH2]O[SiH2]O[SiH2]O[SiH2]O[SiH2]O[SiH2]O[SiH2]O[SiH3]. The lowest BCUT2D eigenvalue weighted by Gasteiger charge is -2.07. The van der Waals surface area contributed by atoms with Crippen LogP contribution in [0.25, 0.3) is 0 Å². The maximum absolute atomic E-state index is 5.33. The predicted octanol–water partition coefficient (Wildman–Crippen LogP) is -9.33. The van der Waals surface area contributed by atoms with Gasteiger partial charge in [-0.2, -0.15) is 0 Å². The molecule has 0 heterocycles. The normalized spacial score (nSPS) is 16.2. The van der Waals surface area contributed by atoms with Gasteiger partial charge in [0.05, 0.1) is 0 Å². The molecule has 0 aliphatic rings. The topological polar surface area (TPSA) is 73.8 Å². The van der Waals surface area contributed by atoms with E-state index in [9.17, 15) is 0 Å². The van der Waals surface area contributed by atoms with Crippen LogP contribution in [0.1, 0.15) is 0 Å². The molecule has 0 aromatic carbocycles. The minimum Gasteiger partial charge on any atom is -0.449 e. The fraction of sp³-hybridized carbons (Fsp3) is 0. The predicted molar refractivity (Wildman–Crippen MR) is 88.4 cm³/mol. The molecule has 0 saturated carbocycles. The summed E-state index contributed by atoms with van der Waals surface area (Å²) in [6.45, 7) is 0. The van der Waals surface area contributed by atoms with Gasteiger partial charge in [-0.15, -0.1) is 0 Å². The first-order chi connectivity index (χ1) is 8.41. The highest BCUT2D eigenvalue weighted by Crippen LogP contribution is 1.76. The summed E-state index contributed by atoms with van der Waals surface area (Å²) in [6.07, 6.45) is 0. The largest absolute Gasteiger partial charge is 0.449 e. The van der Waals surface area contributed by atoms with E-state index in [1.807, 2.05) is 0 Å². The van der Waals surface area contributed by atoms with Crippen LogP contribution in [0.3, 0.4) is 0 Å². The van der Waals surface area contributed by atoms with Crippen LogP contribution >= 0.6 is 0 Å². The van der Waals surface area contributed by atoms with Crippen molar-refractivity contribution in [3.8, 4) is 0 Å². The van der Waals surface area contributed by atoms with Gasteiger partial charge in [-0.3, -0.25) is 0 Å². The van der Waals surface area contributed by atoms with Gasteiger partial charge in [-0.05, 0) is 0 Å². The molecule has 0 fully saturated rings. The standard InChI is InChI=1S/H20O8Si9/c9-1-11-3-13-5-15-7-17-8-16-6-14-4-12-2-10/h11-17H2,9-10H3. The van der Waals surface area contributed by atoms with Crippen molar-refractivity contribution < 1.29 is 32.9 Å². The molecule has 0 aliphatic heterocycles. The van der Waals surface area contributed by atoms with Crippen LogP contribution in [0.5, 0.6) is 0 Å². The fourth-order valence-electron chi connectivity index (χ4n) is 0.665. The second-order valence-electron chi connectivity index (χ2n) is 2.63. The lowest BCUT2D eigenvalue weighted by atomic mass is 15.7. The lowest BCUT2D eigenvalue weighted by Crippen LogP contribution is -2.20. The molecule has 8 nitrogen and oxygen atoms in total. The van der Waals surface area contributed by atoms with Crippen molar-refractivity contribution in [1.29, 1.82) is 0 Å². The highest BCUT2D eigenvalue weighted by atomic mass is 28.4. The number of hydrogen-bond acceptors (Lipinski definition) is 8. The van der Waals surface area contributed by atoms with E-state index in [1.165, 1.54) is 0 Å². The van der Waals surface area contributed by atoms with Crippen molar-refractivity contribution in [1.82, 2.24) is 0 Å². The molecule has 0 aromatic rings. The summed E-state index contributed by atoms with van der Waals surface area (Å²) < 4.78 is 41.7. The van der Waals surface area contributed by atoms with Gasteiger partial charge in [0.25, 0.3) is 70.0 Å². The molecule has 0 bridgehead atoms. The Bertz CT molecular complexity index is 120. The highest BCUT2D eigenvalue weighted by Gasteiger charge is 1.94. The summed E-state index contributed by atoms with van der Waals surface area (Å²) in [7, 11) is -4.21. The average molecular weight is 401 g/mol. The Morgan fingerprint density at radius 1 is 0.412 bits per heavy atom. The zero-order valence-corrected chi connectivity index (χ0v) is 24.1. The van der Waals surface area contributed by atoms with Gasteiger partial charge in [-0.25, -0.2) is 0 Å². The van der Waals surface area contributed by atoms with E-state index in [0.717, 1.165) is 21.0 Å². The monoisotopic (exact) mass is 400 g/mol. The molecular weight excluding hydrogens is 381 g/mol. The number of rotatable bonds is 14.